The molecule has 0 spiro atoms. The van der Waals surface area contributed by atoms with Crippen LogP contribution in [0.3, 0.4) is 0 Å². The van der Waals surface area contributed by atoms with Gasteiger partial charge in [-0.05, 0) is 92.6 Å². The summed E-state index contributed by atoms with van der Waals surface area (Å²) >= 11 is 0. The summed E-state index contributed by atoms with van der Waals surface area (Å²) in [5, 5.41) is 6.77. The molecule has 0 aliphatic carbocycles. The standard InChI is InChI=1S/C29H37N3O2/c1-17(2)15-30-24-12-9-22(10-13-24)26-19(5)20(6)27(28(21(26)7)29(33)34-8)23-11-14-25(31-16-23)32-18(3)4/h9-14,16-18,30H,15H2,1-8H3,(H,31,32). The van der Waals surface area contributed by atoms with Crippen molar-refractivity contribution in [2.45, 2.75) is 54.5 Å². The smallest absolute Gasteiger partial charge is 0.338 e. The zero-order chi connectivity index (χ0) is 25.0. The molecule has 2 N–H and O–H groups in total. The summed E-state index contributed by atoms with van der Waals surface area (Å²) in [6, 6.07) is 12.7. The lowest BCUT2D eigenvalue weighted by Crippen LogP contribution is -2.12. The molecule has 180 valence electrons. The lowest BCUT2D eigenvalue weighted by Gasteiger charge is -2.22. The number of hydrogen-bond donors (Lipinski definition) is 2. The van der Waals surface area contributed by atoms with E-state index in [0.29, 0.717) is 17.5 Å². The van der Waals surface area contributed by atoms with Crippen molar-refractivity contribution in [2.24, 2.45) is 5.92 Å². The second kappa shape index (κ2) is 10.7. The number of anilines is 2. The van der Waals surface area contributed by atoms with Crippen LogP contribution in [0, 0.1) is 26.7 Å². The zero-order valence-corrected chi connectivity index (χ0v) is 21.7. The molecule has 3 aromatic rings. The molecule has 0 radical (unpaired) electrons. The number of rotatable bonds is 8. The van der Waals surface area contributed by atoms with E-state index in [9.17, 15) is 4.79 Å². The predicted octanol–water partition coefficient (Wildman–Crippen LogP) is 7.02. The minimum atomic E-state index is -0.337. The molecule has 0 aliphatic rings. The number of nitrogens with zero attached hydrogens (tertiary/aromatic N) is 1. The third-order valence-electron chi connectivity index (χ3n) is 6.08. The maximum Gasteiger partial charge on any atom is 0.338 e. The van der Waals surface area contributed by atoms with Gasteiger partial charge in [0.1, 0.15) is 5.82 Å². The molecule has 0 saturated carbocycles. The Morgan fingerprint density at radius 2 is 1.50 bits per heavy atom. The van der Waals surface area contributed by atoms with E-state index in [0.717, 1.165) is 57.0 Å². The second-order valence-corrected chi connectivity index (χ2v) is 9.57. The van der Waals surface area contributed by atoms with Crippen LogP contribution in [0.25, 0.3) is 22.3 Å². The van der Waals surface area contributed by atoms with Crippen LogP contribution >= 0.6 is 0 Å². The average molecular weight is 460 g/mol. The van der Waals surface area contributed by atoms with E-state index < -0.39 is 0 Å². The molecule has 3 rings (SSSR count). The number of hydrogen-bond acceptors (Lipinski definition) is 5. The van der Waals surface area contributed by atoms with Crippen molar-refractivity contribution in [3.8, 4) is 22.3 Å². The summed E-state index contributed by atoms with van der Waals surface area (Å²) in [6.07, 6.45) is 1.83. The highest BCUT2D eigenvalue weighted by Gasteiger charge is 2.24. The number of methoxy groups -OCH3 is 1. The Labute approximate surface area is 204 Å². The molecule has 0 aliphatic heterocycles. The second-order valence-electron chi connectivity index (χ2n) is 9.57. The Morgan fingerprint density at radius 1 is 0.882 bits per heavy atom. The fourth-order valence-electron chi connectivity index (χ4n) is 4.31. The number of aromatic nitrogens is 1. The van der Waals surface area contributed by atoms with Crippen LogP contribution in [0.2, 0.25) is 0 Å². The van der Waals surface area contributed by atoms with Crippen molar-refractivity contribution in [3.05, 3.63) is 64.8 Å². The normalized spacial score (nSPS) is 11.1. The predicted molar refractivity (Wildman–Crippen MR) is 143 cm³/mol. The van der Waals surface area contributed by atoms with Crippen molar-refractivity contribution in [3.63, 3.8) is 0 Å². The molecule has 0 saturated heterocycles. The molecule has 0 fully saturated rings. The summed E-state index contributed by atoms with van der Waals surface area (Å²) in [7, 11) is 1.43. The van der Waals surface area contributed by atoms with E-state index in [2.05, 4.69) is 81.4 Å². The summed E-state index contributed by atoms with van der Waals surface area (Å²) in [6.45, 7) is 15.7. The molecule has 0 amide bonds. The van der Waals surface area contributed by atoms with Gasteiger partial charge in [0.25, 0.3) is 0 Å². The third-order valence-corrected chi connectivity index (χ3v) is 6.08. The molecule has 1 aromatic heterocycles. The van der Waals surface area contributed by atoms with Gasteiger partial charge in [-0.1, -0.05) is 26.0 Å². The minimum absolute atomic E-state index is 0.293. The van der Waals surface area contributed by atoms with Gasteiger partial charge in [-0.3, -0.25) is 0 Å². The lowest BCUT2D eigenvalue weighted by molar-refractivity contribution is 0.0600. The Hall–Kier alpha value is -3.34. The Balaban J connectivity index is 2.13. The number of benzene rings is 2. The van der Waals surface area contributed by atoms with Gasteiger partial charge >= 0.3 is 5.97 Å². The number of pyridine rings is 1. The van der Waals surface area contributed by atoms with Crippen LogP contribution in [0.15, 0.2) is 42.6 Å². The maximum absolute atomic E-state index is 13.0. The quantitative estimate of drug-likeness (QED) is 0.355. The molecule has 0 bridgehead atoms. The van der Waals surface area contributed by atoms with Crippen LogP contribution in [0.5, 0.6) is 0 Å². The molecule has 5 nitrogen and oxygen atoms in total. The minimum Gasteiger partial charge on any atom is -0.465 e. The molecule has 5 heteroatoms. The van der Waals surface area contributed by atoms with Gasteiger partial charge in [0, 0.05) is 35.6 Å². The first-order valence-electron chi connectivity index (χ1n) is 11.9. The molecule has 2 aromatic carbocycles. The first-order chi connectivity index (χ1) is 16.1. The van der Waals surface area contributed by atoms with E-state index in [1.807, 2.05) is 25.3 Å². The van der Waals surface area contributed by atoms with Crippen LogP contribution in [0.1, 0.15) is 54.7 Å². The van der Waals surface area contributed by atoms with Crippen molar-refractivity contribution in [1.82, 2.24) is 4.98 Å². The van der Waals surface area contributed by atoms with Crippen molar-refractivity contribution in [2.75, 3.05) is 24.3 Å². The molecule has 0 unspecified atom stereocenters. The van der Waals surface area contributed by atoms with Gasteiger partial charge in [-0.25, -0.2) is 9.78 Å². The monoisotopic (exact) mass is 459 g/mol. The van der Waals surface area contributed by atoms with Crippen molar-refractivity contribution >= 4 is 17.5 Å². The van der Waals surface area contributed by atoms with E-state index in [1.165, 1.54) is 7.11 Å². The molecule has 1 heterocycles. The van der Waals surface area contributed by atoms with Gasteiger partial charge in [-0.15, -0.1) is 0 Å². The van der Waals surface area contributed by atoms with Crippen LogP contribution in [-0.4, -0.2) is 30.6 Å². The number of carbonyl (C=O) groups is 1. The SMILES string of the molecule is COC(=O)c1c(C)c(-c2ccc(NCC(C)C)cc2)c(C)c(C)c1-c1ccc(NC(C)C)nc1. The van der Waals surface area contributed by atoms with E-state index >= 15 is 0 Å². The fraction of sp³-hybridized carbons (Fsp3) is 0.379. The highest BCUT2D eigenvalue weighted by molar-refractivity contribution is 6.02. The van der Waals surface area contributed by atoms with E-state index in [1.54, 1.807) is 0 Å². The first kappa shape index (κ1) is 25.3. The highest BCUT2D eigenvalue weighted by atomic mass is 16.5. The topological polar surface area (TPSA) is 63.2 Å². The van der Waals surface area contributed by atoms with Crippen LogP contribution in [-0.2, 0) is 4.74 Å². The Kier molecular flexibility index (Phi) is 7.98. The average Bonchev–Trinajstić information content (AvgIpc) is 2.80. The maximum atomic E-state index is 13.0. The Morgan fingerprint density at radius 3 is 2.03 bits per heavy atom. The van der Waals surface area contributed by atoms with Gasteiger partial charge in [0.05, 0.1) is 12.7 Å². The summed E-state index contributed by atoms with van der Waals surface area (Å²) < 4.78 is 5.23. The highest BCUT2D eigenvalue weighted by Crippen LogP contribution is 2.40. The first-order valence-corrected chi connectivity index (χ1v) is 11.9. The molecule has 0 atom stereocenters. The molecular weight excluding hydrogens is 422 g/mol. The number of ether oxygens (including phenoxy) is 1. The van der Waals surface area contributed by atoms with Gasteiger partial charge in [0.15, 0.2) is 0 Å². The van der Waals surface area contributed by atoms with E-state index in [-0.39, 0.29) is 5.97 Å². The number of esters is 1. The largest absolute Gasteiger partial charge is 0.465 e. The third kappa shape index (κ3) is 5.41. The van der Waals surface area contributed by atoms with E-state index in [4.69, 9.17) is 4.74 Å². The lowest BCUT2D eigenvalue weighted by atomic mass is 9.83. The van der Waals surface area contributed by atoms with Crippen molar-refractivity contribution in [1.29, 1.82) is 0 Å². The zero-order valence-electron chi connectivity index (χ0n) is 21.7. The number of nitrogens with one attached hydrogen (secondary N) is 2. The van der Waals surface area contributed by atoms with Crippen LogP contribution < -0.4 is 10.6 Å². The molecular formula is C29H37N3O2. The van der Waals surface area contributed by atoms with Gasteiger partial charge < -0.3 is 15.4 Å². The summed E-state index contributed by atoms with van der Waals surface area (Å²) in [5.74, 6) is 1.05. The molecule has 34 heavy (non-hydrogen) atoms. The van der Waals surface area contributed by atoms with Crippen molar-refractivity contribution < 1.29 is 9.53 Å². The Bertz CT molecular complexity index is 1150. The summed E-state index contributed by atoms with van der Waals surface area (Å²) in [4.78, 5) is 17.6. The fourth-order valence-corrected chi connectivity index (χ4v) is 4.31. The van der Waals surface area contributed by atoms with Gasteiger partial charge in [0.2, 0.25) is 0 Å². The number of carbonyl (C=O) groups excluding carboxylic acids is 1. The van der Waals surface area contributed by atoms with Crippen LogP contribution in [0.4, 0.5) is 11.5 Å². The summed E-state index contributed by atoms with van der Waals surface area (Å²) in [5.41, 5.74) is 8.73. The van der Waals surface area contributed by atoms with Gasteiger partial charge in [-0.2, -0.15) is 0 Å².